The molecule has 0 spiro atoms. The number of rotatable bonds is 2. The average molecular weight is 236 g/mol. The number of aromatic carboxylic acids is 1. The topological polar surface area (TPSA) is 82.2 Å². The van der Waals surface area contributed by atoms with E-state index in [1.807, 2.05) is 0 Å². The second-order valence-corrected chi connectivity index (χ2v) is 3.00. The van der Waals surface area contributed by atoms with E-state index in [1.54, 1.807) is 0 Å². The summed E-state index contributed by atoms with van der Waals surface area (Å²) in [4.78, 5) is 23.5. The first-order valence-corrected chi connectivity index (χ1v) is 4.03. The molecule has 3 N–H and O–H groups in total. The maximum Gasteiger partial charge on any atom is 0.471 e. The van der Waals surface area contributed by atoms with Gasteiger partial charge in [0.05, 0.1) is 0 Å². The largest absolute Gasteiger partial charge is 0.478 e. The van der Waals surface area contributed by atoms with Crippen LogP contribution < -0.4 is 5.32 Å². The Balaban J connectivity index is 2.98. The smallest absolute Gasteiger partial charge is 0.471 e. The molecular formula is C8H7F3N2O3. The van der Waals surface area contributed by atoms with Gasteiger partial charge in [0.15, 0.2) is 0 Å². The zero-order chi connectivity index (χ0) is 12.5. The Morgan fingerprint density at radius 2 is 2.00 bits per heavy atom. The fourth-order valence-electron chi connectivity index (χ4n) is 1.04. The van der Waals surface area contributed by atoms with Crippen LogP contribution in [-0.4, -0.2) is 28.1 Å². The minimum absolute atomic E-state index is 0.329. The summed E-state index contributed by atoms with van der Waals surface area (Å²) in [5, 5.41) is 10.1. The summed E-state index contributed by atoms with van der Waals surface area (Å²) >= 11 is 0. The highest BCUT2D eigenvalue weighted by Crippen LogP contribution is 2.21. The van der Waals surface area contributed by atoms with Gasteiger partial charge in [-0.3, -0.25) is 4.79 Å². The van der Waals surface area contributed by atoms with Gasteiger partial charge in [0.1, 0.15) is 11.4 Å². The summed E-state index contributed by atoms with van der Waals surface area (Å²) in [6, 6.07) is 1.12. The van der Waals surface area contributed by atoms with Gasteiger partial charge in [-0.15, -0.1) is 0 Å². The Labute approximate surface area is 87.3 Å². The number of hydrogen-bond acceptors (Lipinski definition) is 2. The van der Waals surface area contributed by atoms with Gasteiger partial charge in [0.25, 0.3) is 0 Å². The van der Waals surface area contributed by atoms with Crippen molar-refractivity contribution < 1.29 is 27.9 Å². The van der Waals surface area contributed by atoms with E-state index < -0.39 is 29.4 Å². The van der Waals surface area contributed by atoms with Crippen molar-refractivity contribution >= 4 is 17.7 Å². The van der Waals surface area contributed by atoms with Crippen molar-refractivity contribution in [3.8, 4) is 0 Å². The number of halogens is 3. The number of aromatic nitrogens is 1. The molecule has 1 rings (SSSR count). The lowest BCUT2D eigenvalue weighted by Gasteiger charge is -2.06. The van der Waals surface area contributed by atoms with Crippen molar-refractivity contribution in [2.45, 2.75) is 13.1 Å². The van der Waals surface area contributed by atoms with E-state index in [1.165, 1.54) is 12.2 Å². The molecule has 0 atom stereocenters. The number of aryl methyl sites for hydroxylation is 1. The number of alkyl halides is 3. The van der Waals surface area contributed by atoms with E-state index in [0.29, 0.717) is 5.69 Å². The van der Waals surface area contributed by atoms with Gasteiger partial charge in [-0.1, -0.05) is 0 Å². The van der Waals surface area contributed by atoms with Gasteiger partial charge >= 0.3 is 18.1 Å². The molecule has 0 aliphatic heterocycles. The number of anilines is 1. The predicted octanol–water partition coefficient (Wildman–Crippen LogP) is 1.52. The Morgan fingerprint density at radius 3 is 2.44 bits per heavy atom. The molecule has 1 heterocycles. The van der Waals surface area contributed by atoms with Crippen molar-refractivity contribution in [3.05, 3.63) is 17.3 Å². The van der Waals surface area contributed by atoms with Crippen LogP contribution in [0.15, 0.2) is 6.07 Å². The summed E-state index contributed by atoms with van der Waals surface area (Å²) in [5.41, 5.74) is -0.0926. The molecule has 0 aliphatic rings. The predicted molar refractivity (Wildman–Crippen MR) is 47.2 cm³/mol. The third-order valence-electron chi connectivity index (χ3n) is 1.68. The van der Waals surface area contributed by atoms with Crippen LogP contribution >= 0.6 is 0 Å². The minimum atomic E-state index is -5.06. The van der Waals surface area contributed by atoms with Crippen LogP contribution in [0.5, 0.6) is 0 Å². The molecule has 16 heavy (non-hydrogen) atoms. The second-order valence-electron chi connectivity index (χ2n) is 3.00. The van der Waals surface area contributed by atoms with Gasteiger partial charge in [-0.25, -0.2) is 4.79 Å². The normalized spacial score (nSPS) is 11.2. The molecule has 5 nitrogen and oxygen atoms in total. The molecule has 0 aromatic carbocycles. The maximum atomic E-state index is 11.9. The molecule has 0 radical (unpaired) electrons. The Kier molecular flexibility index (Phi) is 2.92. The first-order valence-electron chi connectivity index (χ1n) is 4.03. The van der Waals surface area contributed by atoms with Crippen LogP contribution in [0.1, 0.15) is 16.1 Å². The summed E-state index contributed by atoms with van der Waals surface area (Å²) in [6.45, 7) is 1.45. The zero-order valence-corrected chi connectivity index (χ0v) is 7.97. The molecular weight excluding hydrogens is 229 g/mol. The fraction of sp³-hybridized carbons (Fsp3) is 0.250. The van der Waals surface area contributed by atoms with Crippen LogP contribution in [0.4, 0.5) is 19.0 Å². The van der Waals surface area contributed by atoms with E-state index in [9.17, 15) is 22.8 Å². The Bertz CT molecular complexity index is 436. The van der Waals surface area contributed by atoms with Crippen molar-refractivity contribution in [1.82, 2.24) is 4.98 Å². The summed E-state index contributed by atoms with van der Waals surface area (Å²) < 4.78 is 35.7. The summed E-state index contributed by atoms with van der Waals surface area (Å²) in [5.74, 6) is -4.13. The fourth-order valence-corrected chi connectivity index (χ4v) is 1.04. The van der Waals surface area contributed by atoms with Gasteiger partial charge in [0, 0.05) is 5.69 Å². The van der Waals surface area contributed by atoms with Crippen molar-refractivity contribution in [3.63, 3.8) is 0 Å². The van der Waals surface area contributed by atoms with Gasteiger partial charge in [-0.05, 0) is 13.0 Å². The number of aromatic amines is 1. The van der Waals surface area contributed by atoms with E-state index >= 15 is 0 Å². The number of carboxylic acid groups (broad SMARTS) is 1. The van der Waals surface area contributed by atoms with Crippen molar-refractivity contribution in [2.75, 3.05) is 5.32 Å². The van der Waals surface area contributed by atoms with E-state index in [4.69, 9.17) is 5.11 Å². The first kappa shape index (κ1) is 12.1. The molecule has 88 valence electrons. The zero-order valence-electron chi connectivity index (χ0n) is 7.97. The van der Waals surface area contributed by atoms with Crippen LogP contribution in [0.2, 0.25) is 0 Å². The van der Waals surface area contributed by atoms with Gasteiger partial charge < -0.3 is 15.4 Å². The van der Waals surface area contributed by atoms with Gasteiger partial charge in [0.2, 0.25) is 0 Å². The number of H-pyrrole nitrogens is 1. The monoisotopic (exact) mass is 236 g/mol. The maximum absolute atomic E-state index is 11.9. The molecule has 0 bridgehead atoms. The molecule has 1 aromatic rings. The highest BCUT2D eigenvalue weighted by atomic mass is 19.4. The molecule has 0 saturated heterocycles. The number of carbonyl (C=O) groups is 2. The van der Waals surface area contributed by atoms with Crippen LogP contribution in [0.25, 0.3) is 0 Å². The number of hydrogen-bond donors (Lipinski definition) is 3. The second kappa shape index (κ2) is 3.87. The molecule has 1 aromatic heterocycles. The molecule has 0 fully saturated rings. The van der Waals surface area contributed by atoms with Gasteiger partial charge in [-0.2, -0.15) is 13.2 Å². The standard InChI is InChI=1S/C8H7F3N2O3/c1-3-2-4(6(14)15)5(12-3)13-7(16)8(9,10)11/h2,12H,1H3,(H,13,16)(H,14,15). The number of amides is 1. The van der Waals surface area contributed by atoms with Crippen LogP contribution in [0.3, 0.4) is 0 Å². The molecule has 0 aliphatic carbocycles. The summed E-state index contributed by atoms with van der Waals surface area (Å²) in [7, 11) is 0. The molecule has 8 heteroatoms. The van der Waals surface area contributed by atoms with Crippen LogP contribution in [0, 0.1) is 6.92 Å². The number of carboxylic acids is 1. The highest BCUT2D eigenvalue weighted by Gasteiger charge is 2.39. The van der Waals surface area contributed by atoms with E-state index in [0.717, 1.165) is 6.07 Å². The first-order chi connectivity index (χ1) is 7.21. The molecule has 0 saturated carbocycles. The molecule has 1 amide bonds. The van der Waals surface area contributed by atoms with Crippen LogP contribution in [-0.2, 0) is 4.79 Å². The number of carbonyl (C=O) groups excluding carboxylic acids is 1. The number of nitrogens with one attached hydrogen (secondary N) is 2. The van der Waals surface area contributed by atoms with E-state index in [-0.39, 0.29) is 0 Å². The average Bonchev–Trinajstić information content (AvgIpc) is 2.45. The SMILES string of the molecule is Cc1cc(C(=O)O)c(NC(=O)C(F)(F)F)[nH]1. The van der Waals surface area contributed by atoms with Crippen molar-refractivity contribution in [2.24, 2.45) is 0 Å². The Morgan fingerprint density at radius 1 is 1.44 bits per heavy atom. The minimum Gasteiger partial charge on any atom is -0.478 e. The van der Waals surface area contributed by atoms with E-state index in [2.05, 4.69) is 4.98 Å². The lowest BCUT2D eigenvalue weighted by atomic mass is 10.3. The quantitative estimate of drug-likeness (QED) is 0.728. The third-order valence-corrected chi connectivity index (χ3v) is 1.68. The third kappa shape index (κ3) is 2.53. The van der Waals surface area contributed by atoms with Crippen molar-refractivity contribution in [1.29, 1.82) is 0 Å². The lowest BCUT2D eigenvalue weighted by molar-refractivity contribution is -0.167. The lowest BCUT2D eigenvalue weighted by Crippen LogP contribution is -2.30. The highest BCUT2D eigenvalue weighted by molar-refractivity contribution is 6.01. The molecule has 0 unspecified atom stereocenters. The summed E-state index contributed by atoms with van der Waals surface area (Å²) in [6.07, 6.45) is -5.06. The Hall–Kier alpha value is -1.99.